The van der Waals surface area contributed by atoms with Gasteiger partial charge in [0.05, 0.1) is 19.5 Å². The van der Waals surface area contributed by atoms with Crippen molar-refractivity contribution >= 4 is 0 Å². The molecular weight excluding hydrogens is 180 g/mol. The van der Waals surface area contributed by atoms with Gasteiger partial charge in [-0.15, -0.1) is 0 Å². The minimum Gasteiger partial charge on any atom is -0.515 e. The lowest BCUT2D eigenvalue weighted by Crippen LogP contribution is -2.20. The SMILES string of the molecule is OC=C1COC(c2ccccc2)OC1. The van der Waals surface area contributed by atoms with Crippen LogP contribution >= 0.6 is 0 Å². The van der Waals surface area contributed by atoms with Crippen molar-refractivity contribution < 1.29 is 14.6 Å². The van der Waals surface area contributed by atoms with Crippen LogP contribution in [0.5, 0.6) is 0 Å². The zero-order valence-corrected chi connectivity index (χ0v) is 7.72. The minimum atomic E-state index is -0.306. The first-order chi connectivity index (χ1) is 6.90. The van der Waals surface area contributed by atoms with Crippen molar-refractivity contribution in [2.45, 2.75) is 6.29 Å². The Morgan fingerprint density at radius 3 is 2.36 bits per heavy atom. The summed E-state index contributed by atoms with van der Waals surface area (Å²) in [6, 6.07) is 9.75. The Kier molecular flexibility index (Phi) is 2.81. The molecule has 1 heterocycles. The third kappa shape index (κ3) is 1.95. The number of ether oxygens (including phenoxy) is 2. The van der Waals surface area contributed by atoms with Gasteiger partial charge in [0.15, 0.2) is 6.29 Å². The summed E-state index contributed by atoms with van der Waals surface area (Å²) in [6.45, 7) is 0.853. The topological polar surface area (TPSA) is 38.7 Å². The molecule has 0 radical (unpaired) electrons. The van der Waals surface area contributed by atoms with Crippen molar-refractivity contribution in [1.82, 2.24) is 0 Å². The molecule has 3 nitrogen and oxygen atoms in total. The van der Waals surface area contributed by atoms with Crippen LogP contribution in [0.25, 0.3) is 0 Å². The van der Waals surface area contributed by atoms with Crippen LogP contribution in [0, 0.1) is 0 Å². The van der Waals surface area contributed by atoms with Gasteiger partial charge in [-0.05, 0) is 0 Å². The van der Waals surface area contributed by atoms with Crippen molar-refractivity contribution in [3.8, 4) is 0 Å². The van der Waals surface area contributed by atoms with Gasteiger partial charge >= 0.3 is 0 Å². The molecule has 0 saturated carbocycles. The van der Waals surface area contributed by atoms with Gasteiger partial charge in [-0.1, -0.05) is 30.3 Å². The van der Waals surface area contributed by atoms with Crippen LogP contribution in [0.4, 0.5) is 0 Å². The summed E-state index contributed by atoms with van der Waals surface area (Å²) < 4.78 is 10.8. The molecule has 14 heavy (non-hydrogen) atoms. The lowest BCUT2D eigenvalue weighted by molar-refractivity contribution is -0.161. The fraction of sp³-hybridized carbons (Fsp3) is 0.273. The molecule has 1 fully saturated rings. The molecule has 0 bridgehead atoms. The molecule has 74 valence electrons. The minimum absolute atomic E-state index is 0.306. The number of hydrogen-bond acceptors (Lipinski definition) is 3. The number of benzene rings is 1. The normalized spacial score (nSPS) is 22.0. The Hall–Kier alpha value is -1.32. The molecule has 0 atom stereocenters. The monoisotopic (exact) mass is 192 g/mol. The molecule has 0 amide bonds. The van der Waals surface area contributed by atoms with Crippen molar-refractivity contribution in [3.05, 3.63) is 47.7 Å². The Morgan fingerprint density at radius 2 is 1.79 bits per heavy atom. The van der Waals surface area contributed by atoms with Gasteiger partial charge in [-0.25, -0.2) is 0 Å². The van der Waals surface area contributed by atoms with Crippen molar-refractivity contribution in [1.29, 1.82) is 0 Å². The fourth-order valence-corrected chi connectivity index (χ4v) is 1.33. The first-order valence-electron chi connectivity index (χ1n) is 4.50. The van der Waals surface area contributed by atoms with E-state index in [0.29, 0.717) is 13.2 Å². The zero-order valence-electron chi connectivity index (χ0n) is 7.72. The number of rotatable bonds is 1. The third-order valence-electron chi connectivity index (χ3n) is 2.09. The molecule has 1 saturated heterocycles. The Balaban J connectivity index is 2.03. The molecular formula is C11H12O3. The summed E-state index contributed by atoms with van der Waals surface area (Å²) in [7, 11) is 0. The predicted octanol–water partition coefficient (Wildman–Crippen LogP) is 2.17. The van der Waals surface area contributed by atoms with E-state index in [0.717, 1.165) is 17.4 Å². The van der Waals surface area contributed by atoms with Crippen LogP contribution in [0.1, 0.15) is 11.9 Å². The van der Waals surface area contributed by atoms with Gasteiger partial charge in [0, 0.05) is 11.1 Å². The molecule has 0 unspecified atom stereocenters. The summed E-state index contributed by atoms with van der Waals surface area (Å²) in [6.07, 6.45) is 0.737. The number of aliphatic hydroxyl groups excluding tert-OH is 1. The van der Waals surface area contributed by atoms with Crippen LogP contribution in [-0.2, 0) is 9.47 Å². The molecule has 0 aromatic heterocycles. The van der Waals surface area contributed by atoms with E-state index in [1.807, 2.05) is 30.3 Å². The highest BCUT2D eigenvalue weighted by Crippen LogP contribution is 2.23. The predicted molar refractivity (Wildman–Crippen MR) is 51.8 cm³/mol. The van der Waals surface area contributed by atoms with E-state index in [2.05, 4.69) is 0 Å². The molecule has 2 rings (SSSR count). The molecule has 1 aliphatic rings. The van der Waals surface area contributed by atoms with Gasteiger partial charge < -0.3 is 14.6 Å². The maximum Gasteiger partial charge on any atom is 0.184 e. The highest BCUT2D eigenvalue weighted by atomic mass is 16.7. The van der Waals surface area contributed by atoms with Crippen LogP contribution in [0.3, 0.4) is 0 Å². The van der Waals surface area contributed by atoms with Crippen LogP contribution in [-0.4, -0.2) is 18.3 Å². The maximum atomic E-state index is 8.73. The highest BCUT2D eigenvalue weighted by Gasteiger charge is 2.18. The molecule has 0 spiro atoms. The first-order valence-corrected chi connectivity index (χ1v) is 4.50. The van der Waals surface area contributed by atoms with E-state index in [-0.39, 0.29) is 6.29 Å². The van der Waals surface area contributed by atoms with E-state index in [4.69, 9.17) is 14.6 Å². The smallest absolute Gasteiger partial charge is 0.184 e. The molecule has 1 N–H and O–H groups in total. The molecule has 3 heteroatoms. The van der Waals surface area contributed by atoms with Crippen LogP contribution < -0.4 is 0 Å². The zero-order chi connectivity index (χ0) is 9.80. The number of hydrogen-bond donors (Lipinski definition) is 1. The maximum absolute atomic E-state index is 8.73. The molecule has 1 aromatic rings. The quantitative estimate of drug-likeness (QED) is 0.693. The Labute approximate surface area is 82.6 Å². The largest absolute Gasteiger partial charge is 0.515 e. The second-order valence-corrected chi connectivity index (χ2v) is 3.15. The summed E-state index contributed by atoms with van der Waals surface area (Å²) >= 11 is 0. The van der Waals surface area contributed by atoms with Crippen molar-refractivity contribution in [2.24, 2.45) is 0 Å². The Bertz CT molecular complexity index is 309. The van der Waals surface area contributed by atoms with Crippen LogP contribution in [0.15, 0.2) is 42.2 Å². The standard InChI is InChI=1S/C11H12O3/c12-6-9-7-13-11(14-8-9)10-4-2-1-3-5-10/h1-6,11-12H,7-8H2. The van der Waals surface area contributed by atoms with E-state index < -0.39 is 0 Å². The van der Waals surface area contributed by atoms with E-state index in [1.54, 1.807) is 0 Å². The lowest BCUT2D eigenvalue weighted by atomic mass is 10.2. The van der Waals surface area contributed by atoms with Crippen LogP contribution in [0.2, 0.25) is 0 Å². The second-order valence-electron chi connectivity index (χ2n) is 3.15. The summed E-state index contributed by atoms with van der Waals surface area (Å²) in [5, 5.41) is 8.73. The molecule has 1 aliphatic heterocycles. The van der Waals surface area contributed by atoms with Gasteiger partial charge in [-0.2, -0.15) is 0 Å². The van der Waals surface area contributed by atoms with Crippen molar-refractivity contribution in [3.63, 3.8) is 0 Å². The summed E-state index contributed by atoms with van der Waals surface area (Å²) in [5.41, 5.74) is 1.77. The summed E-state index contributed by atoms with van der Waals surface area (Å²) in [5.74, 6) is 0. The van der Waals surface area contributed by atoms with Gasteiger partial charge in [-0.3, -0.25) is 0 Å². The van der Waals surface area contributed by atoms with E-state index >= 15 is 0 Å². The van der Waals surface area contributed by atoms with E-state index in [1.165, 1.54) is 0 Å². The third-order valence-corrected chi connectivity index (χ3v) is 2.09. The summed E-state index contributed by atoms with van der Waals surface area (Å²) in [4.78, 5) is 0. The highest BCUT2D eigenvalue weighted by molar-refractivity contribution is 5.17. The van der Waals surface area contributed by atoms with Crippen molar-refractivity contribution in [2.75, 3.05) is 13.2 Å². The van der Waals surface area contributed by atoms with Gasteiger partial charge in [0.1, 0.15) is 0 Å². The lowest BCUT2D eigenvalue weighted by Gasteiger charge is -2.24. The van der Waals surface area contributed by atoms with Gasteiger partial charge in [0.25, 0.3) is 0 Å². The average Bonchev–Trinajstić information content (AvgIpc) is 2.30. The fourth-order valence-electron chi connectivity index (χ4n) is 1.33. The Morgan fingerprint density at radius 1 is 1.14 bits per heavy atom. The van der Waals surface area contributed by atoms with Gasteiger partial charge in [0.2, 0.25) is 0 Å². The van der Waals surface area contributed by atoms with E-state index in [9.17, 15) is 0 Å². The molecule has 0 aliphatic carbocycles. The first kappa shape index (κ1) is 9.24. The number of aliphatic hydroxyl groups is 1. The average molecular weight is 192 g/mol. The second kappa shape index (κ2) is 4.26. The molecule has 1 aromatic carbocycles.